The molecule has 0 heterocycles. The number of nitrogens with one attached hydrogen (secondary N) is 1. The van der Waals surface area contributed by atoms with Crippen LogP contribution in [0.15, 0.2) is 12.2 Å². The van der Waals surface area contributed by atoms with Crippen molar-refractivity contribution in [3.63, 3.8) is 0 Å². The molecule has 2 aliphatic rings. The van der Waals surface area contributed by atoms with E-state index in [1.807, 2.05) is 6.08 Å². The van der Waals surface area contributed by atoms with Gasteiger partial charge in [-0.2, -0.15) is 0 Å². The first-order valence-electron chi connectivity index (χ1n) is 3.69. The van der Waals surface area contributed by atoms with Gasteiger partial charge in [-0.1, -0.05) is 6.08 Å². The minimum absolute atomic E-state index is 0.00213. The van der Waals surface area contributed by atoms with Crippen LogP contribution in [0.3, 0.4) is 0 Å². The first-order chi connectivity index (χ1) is 5.25. The van der Waals surface area contributed by atoms with E-state index in [9.17, 15) is 9.59 Å². The second-order valence-corrected chi connectivity index (χ2v) is 3.00. The molecule has 58 valence electrons. The Balaban J connectivity index is 2.10. The van der Waals surface area contributed by atoms with Crippen LogP contribution in [0, 0.1) is 17.8 Å². The number of carbonyl (C=O) groups is 2. The molecule has 0 radical (unpaired) electrons. The van der Waals surface area contributed by atoms with Gasteiger partial charge in [0.25, 0.3) is 0 Å². The molecule has 3 heteroatoms. The molecule has 0 unspecified atom stereocenters. The first kappa shape index (κ1) is 6.58. The van der Waals surface area contributed by atoms with E-state index in [2.05, 4.69) is 5.32 Å². The summed E-state index contributed by atoms with van der Waals surface area (Å²) in [6.45, 7) is 0. The minimum Gasteiger partial charge on any atom is -0.359 e. The van der Waals surface area contributed by atoms with Gasteiger partial charge in [0.1, 0.15) is 0 Å². The van der Waals surface area contributed by atoms with E-state index in [0.29, 0.717) is 0 Å². The van der Waals surface area contributed by atoms with Gasteiger partial charge in [0.2, 0.25) is 5.91 Å². The zero-order valence-electron chi connectivity index (χ0n) is 6.20. The number of amides is 1. The molecule has 0 aliphatic heterocycles. The van der Waals surface area contributed by atoms with Crippen LogP contribution < -0.4 is 5.32 Å². The van der Waals surface area contributed by atoms with Crippen LogP contribution >= 0.6 is 0 Å². The summed E-state index contributed by atoms with van der Waals surface area (Å²) in [5, 5.41) is 2.55. The average Bonchev–Trinajstić information content (AvgIpc) is 2.63. The van der Waals surface area contributed by atoms with Crippen LogP contribution in [0.25, 0.3) is 0 Å². The maximum Gasteiger partial charge on any atom is 0.224 e. The Morgan fingerprint density at radius 3 is 2.82 bits per heavy atom. The van der Waals surface area contributed by atoms with Gasteiger partial charge in [-0.15, -0.1) is 0 Å². The predicted molar refractivity (Wildman–Crippen MR) is 38.7 cm³/mol. The number of carbonyl (C=O) groups excluding carboxylic acids is 2. The zero-order chi connectivity index (χ0) is 8.01. The molecule has 0 saturated heterocycles. The molecule has 3 atom stereocenters. The number of fused-ring (bicyclic) bond motifs is 1. The molecule has 1 N–H and O–H groups in total. The highest BCUT2D eigenvalue weighted by Crippen LogP contribution is 2.51. The van der Waals surface area contributed by atoms with Gasteiger partial charge >= 0.3 is 0 Å². The molecule has 0 aromatic carbocycles. The fourth-order valence-corrected chi connectivity index (χ4v) is 1.76. The number of hydrogen-bond acceptors (Lipinski definition) is 2. The minimum atomic E-state index is -0.0579. The summed E-state index contributed by atoms with van der Waals surface area (Å²) in [4.78, 5) is 22.0. The molecule has 1 saturated carbocycles. The lowest BCUT2D eigenvalue weighted by molar-refractivity contribution is -0.124. The number of ketones is 1. The Labute approximate surface area is 64.5 Å². The SMILES string of the molecule is CNC(=O)[C@H]1[C@@H]2C=CC(=O)[C@@H]21. The van der Waals surface area contributed by atoms with E-state index in [-0.39, 0.29) is 29.4 Å². The van der Waals surface area contributed by atoms with E-state index >= 15 is 0 Å². The molecule has 3 nitrogen and oxygen atoms in total. The highest BCUT2D eigenvalue weighted by atomic mass is 16.2. The van der Waals surface area contributed by atoms with Gasteiger partial charge < -0.3 is 5.32 Å². The summed E-state index contributed by atoms with van der Waals surface area (Å²) in [7, 11) is 1.60. The normalized spacial score (nSPS) is 38.6. The molecule has 0 bridgehead atoms. The quantitative estimate of drug-likeness (QED) is 0.561. The maximum absolute atomic E-state index is 11.0. The summed E-state index contributed by atoms with van der Waals surface area (Å²) in [6.07, 6.45) is 3.42. The third-order valence-corrected chi connectivity index (χ3v) is 2.44. The molecule has 2 rings (SSSR count). The Bertz CT molecular complexity index is 257. The fraction of sp³-hybridized carbons (Fsp3) is 0.500. The van der Waals surface area contributed by atoms with Crippen LogP contribution in [0.5, 0.6) is 0 Å². The summed E-state index contributed by atoms with van der Waals surface area (Å²) in [6, 6.07) is 0. The van der Waals surface area contributed by atoms with Crippen molar-refractivity contribution in [2.75, 3.05) is 7.05 Å². The molecule has 1 amide bonds. The van der Waals surface area contributed by atoms with E-state index in [0.717, 1.165) is 0 Å². The van der Waals surface area contributed by atoms with Crippen molar-refractivity contribution in [1.82, 2.24) is 5.32 Å². The molecule has 0 aromatic heterocycles. The number of allylic oxidation sites excluding steroid dienone is 2. The van der Waals surface area contributed by atoms with Crippen molar-refractivity contribution < 1.29 is 9.59 Å². The van der Waals surface area contributed by atoms with Crippen molar-refractivity contribution in [1.29, 1.82) is 0 Å². The fourth-order valence-electron chi connectivity index (χ4n) is 1.76. The summed E-state index contributed by atoms with van der Waals surface area (Å²) in [5.41, 5.74) is 0. The summed E-state index contributed by atoms with van der Waals surface area (Å²) in [5.74, 6) is 0.246. The number of hydrogen-bond donors (Lipinski definition) is 1. The highest BCUT2D eigenvalue weighted by molar-refractivity contribution is 6.03. The third kappa shape index (κ3) is 0.737. The molecule has 11 heavy (non-hydrogen) atoms. The van der Waals surface area contributed by atoms with Gasteiger partial charge in [0, 0.05) is 18.9 Å². The molecule has 0 aromatic rings. The van der Waals surface area contributed by atoms with Crippen LogP contribution in [-0.4, -0.2) is 18.7 Å². The monoisotopic (exact) mass is 151 g/mol. The lowest BCUT2D eigenvalue weighted by Crippen LogP contribution is -2.22. The summed E-state index contributed by atoms with van der Waals surface area (Å²) >= 11 is 0. The van der Waals surface area contributed by atoms with Crippen LogP contribution in [0.2, 0.25) is 0 Å². The van der Waals surface area contributed by atoms with Crippen molar-refractivity contribution in [2.24, 2.45) is 17.8 Å². The standard InChI is InChI=1S/C8H9NO2/c1-9-8(11)7-4-2-3-5(10)6(4)7/h2-4,6-7H,1H3,(H,9,11)/t4-,6-,7+/m1/s1. The van der Waals surface area contributed by atoms with E-state index in [1.54, 1.807) is 13.1 Å². The maximum atomic E-state index is 11.0. The average molecular weight is 151 g/mol. The second kappa shape index (κ2) is 1.94. The van der Waals surface area contributed by atoms with Crippen molar-refractivity contribution in [2.45, 2.75) is 0 Å². The number of rotatable bonds is 1. The predicted octanol–water partition coefficient (Wildman–Crippen LogP) is -0.267. The molecule has 0 spiro atoms. The smallest absolute Gasteiger partial charge is 0.224 e. The molecular weight excluding hydrogens is 142 g/mol. The van der Waals surface area contributed by atoms with Crippen molar-refractivity contribution in [3.05, 3.63) is 12.2 Å². The largest absolute Gasteiger partial charge is 0.359 e. The van der Waals surface area contributed by atoms with Crippen LogP contribution in [0.4, 0.5) is 0 Å². The lowest BCUT2D eigenvalue weighted by Gasteiger charge is -1.96. The first-order valence-corrected chi connectivity index (χ1v) is 3.69. The molecular formula is C8H9NO2. The van der Waals surface area contributed by atoms with E-state index in [1.165, 1.54) is 0 Å². The zero-order valence-corrected chi connectivity index (χ0v) is 6.20. The van der Waals surface area contributed by atoms with Crippen molar-refractivity contribution in [3.8, 4) is 0 Å². The Hall–Kier alpha value is -1.12. The van der Waals surface area contributed by atoms with E-state index < -0.39 is 0 Å². The molecule has 2 aliphatic carbocycles. The Morgan fingerprint density at radius 2 is 2.36 bits per heavy atom. The van der Waals surface area contributed by atoms with Gasteiger partial charge in [-0.3, -0.25) is 9.59 Å². The Morgan fingerprint density at radius 1 is 1.64 bits per heavy atom. The summed E-state index contributed by atoms with van der Waals surface area (Å²) < 4.78 is 0. The van der Waals surface area contributed by atoms with Gasteiger partial charge in [0.05, 0.1) is 5.92 Å². The molecule has 1 fully saturated rings. The van der Waals surface area contributed by atoms with E-state index in [4.69, 9.17) is 0 Å². The van der Waals surface area contributed by atoms with Crippen LogP contribution in [0.1, 0.15) is 0 Å². The Kier molecular flexibility index (Phi) is 1.16. The van der Waals surface area contributed by atoms with Gasteiger partial charge in [-0.05, 0) is 6.08 Å². The van der Waals surface area contributed by atoms with Crippen molar-refractivity contribution >= 4 is 11.7 Å². The third-order valence-electron chi connectivity index (χ3n) is 2.44. The second-order valence-electron chi connectivity index (χ2n) is 3.00. The highest BCUT2D eigenvalue weighted by Gasteiger charge is 2.58. The lowest BCUT2D eigenvalue weighted by atomic mass is 10.2. The van der Waals surface area contributed by atoms with Gasteiger partial charge in [0.15, 0.2) is 5.78 Å². The van der Waals surface area contributed by atoms with Crippen LogP contribution in [-0.2, 0) is 9.59 Å². The van der Waals surface area contributed by atoms with Gasteiger partial charge in [-0.25, -0.2) is 0 Å². The topological polar surface area (TPSA) is 46.2 Å².